The number of carbonyl (C=O) groups is 4. The van der Waals surface area contributed by atoms with Crippen molar-refractivity contribution in [2.75, 3.05) is 39.6 Å². The zero-order valence-electron chi connectivity index (χ0n) is 59.3. The van der Waals surface area contributed by atoms with Gasteiger partial charge in [0, 0.05) is 25.7 Å². The van der Waals surface area contributed by atoms with Gasteiger partial charge in [-0.25, -0.2) is 9.13 Å². The van der Waals surface area contributed by atoms with E-state index in [1.54, 1.807) is 0 Å². The highest BCUT2D eigenvalue weighted by atomic mass is 31.2. The molecule has 3 N–H and O–H groups in total. The van der Waals surface area contributed by atoms with Gasteiger partial charge in [-0.2, -0.15) is 0 Å². The number of phosphoric ester groups is 2. The van der Waals surface area contributed by atoms with Crippen molar-refractivity contribution in [3.63, 3.8) is 0 Å². The Hall–Kier alpha value is -1.94. The summed E-state index contributed by atoms with van der Waals surface area (Å²) in [6.45, 7) is 11.9. The number of esters is 4. The largest absolute Gasteiger partial charge is 0.472 e. The second-order valence-electron chi connectivity index (χ2n) is 27.2. The van der Waals surface area contributed by atoms with Gasteiger partial charge in [-0.05, 0) is 43.4 Å². The van der Waals surface area contributed by atoms with Crippen LogP contribution in [0, 0.1) is 17.8 Å². The highest BCUT2D eigenvalue weighted by Gasteiger charge is 2.30. The van der Waals surface area contributed by atoms with E-state index in [1.165, 1.54) is 173 Å². The number of hydrogen-bond acceptors (Lipinski definition) is 15. The van der Waals surface area contributed by atoms with Gasteiger partial charge in [0.1, 0.15) is 19.3 Å². The first-order chi connectivity index (χ1) is 43.8. The third kappa shape index (κ3) is 65.1. The molecule has 0 aromatic rings. The molecule has 6 atom stereocenters. The molecule has 0 aliphatic carbocycles. The first-order valence-electron chi connectivity index (χ1n) is 37.4. The Balaban J connectivity index is 5.25. The van der Waals surface area contributed by atoms with Crippen molar-refractivity contribution < 1.29 is 80.2 Å². The van der Waals surface area contributed by atoms with Gasteiger partial charge >= 0.3 is 39.5 Å². The Morgan fingerprint density at radius 3 is 0.835 bits per heavy atom. The van der Waals surface area contributed by atoms with Gasteiger partial charge < -0.3 is 33.8 Å². The van der Waals surface area contributed by atoms with Gasteiger partial charge in [0.25, 0.3) is 0 Å². The normalized spacial score (nSPS) is 14.5. The van der Waals surface area contributed by atoms with Crippen molar-refractivity contribution in [1.29, 1.82) is 0 Å². The molecule has 3 unspecified atom stereocenters. The molecule has 0 fully saturated rings. The van der Waals surface area contributed by atoms with Gasteiger partial charge in [-0.3, -0.25) is 37.3 Å². The second kappa shape index (κ2) is 62.8. The maximum absolute atomic E-state index is 13.0. The van der Waals surface area contributed by atoms with Crippen LogP contribution >= 0.6 is 15.6 Å². The number of phosphoric acid groups is 2. The topological polar surface area (TPSA) is 237 Å². The first kappa shape index (κ1) is 89.1. The van der Waals surface area contributed by atoms with E-state index in [0.717, 1.165) is 108 Å². The summed E-state index contributed by atoms with van der Waals surface area (Å²) in [6.07, 6.45) is 47.1. The van der Waals surface area contributed by atoms with Crippen LogP contribution in [-0.4, -0.2) is 96.7 Å². The highest BCUT2D eigenvalue weighted by Crippen LogP contribution is 2.45. The van der Waals surface area contributed by atoms with E-state index in [9.17, 15) is 43.2 Å². The van der Waals surface area contributed by atoms with Crippen molar-refractivity contribution in [2.45, 2.75) is 381 Å². The molecule has 17 nitrogen and oxygen atoms in total. The molecule has 0 aliphatic heterocycles. The predicted molar refractivity (Wildman–Crippen MR) is 368 cm³/mol. The van der Waals surface area contributed by atoms with E-state index in [2.05, 4.69) is 48.5 Å². The summed E-state index contributed by atoms with van der Waals surface area (Å²) >= 11 is 0. The predicted octanol–water partition coefficient (Wildman–Crippen LogP) is 20.6. The molecule has 0 rings (SSSR count). The molecule has 0 bridgehead atoms. The third-order valence-corrected chi connectivity index (χ3v) is 18.9. The number of ether oxygens (including phenoxy) is 4. The van der Waals surface area contributed by atoms with Gasteiger partial charge in [0.2, 0.25) is 0 Å². The molecule has 0 aromatic heterocycles. The molecule has 0 radical (unpaired) electrons. The van der Waals surface area contributed by atoms with Gasteiger partial charge in [0.05, 0.1) is 26.4 Å². The molecule has 0 aromatic carbocycles. The van der Waals surface area contributed by atoms with Crippen molar-refractivity contribution >= 4 is 39.5 Å². The molecule has 540 valence electrons. The number of carbonyl (C=O) groups excluding carboxylic acids is 4. The minimum Gasteiger partial charge on any atom is -0.462 e. The van der Waals surface area contributed by atoms with E-state index >= 15 is 0 Å². The standard InChI is InChI=1S/C72H140O17P2/c1-8-10-11-12-13-22-32-39-46-53-69(74)82-59-67(89-72(77)56-49-42-35-28-21-24-30-37-44-51-64(5)6)61-86-90(78,79)84-57-66(73)58-85-91(80,81)87-62-68(60-83-70(75)54-47-40-33-26-20-19-25-31-38-45-52-65(7)9-2)88-71(76)55-48-41-34-27-18-16-14-15-17-23-29-36-43-50-63(3)4/h63-68,73H,8-62H2,1-7H3,(H,78,79)(H,80,81)/t65?,66-,67+,68+/m0/s1. The molecule has 91 heavy (non-hydrogen) atoms. The maximum atomic E-state index is 13.0. The summed E-state index contributed by atoms with van der Waals surface area (Å²) in [5, 5.41) is 10.6. The molecule has 0 aliphatic rings. The summed E-state index contributed by atoms with van der Waals surface area (Å²) < 4.78 is 68.3. The van der Waals surface area contributed by atoms with Crippen LogP contribution in [0.2, 0.25) is 0 Å². The Morgan fingerprint density at radius 1 is 0.319 bits per heavy atom. The van der Waals surface area contributed by atoms with Crippen LogP contribution in [0.5, 0.6) is 0 Å². The lowest BCUT2D eigenvalue weighted by Gasteiger charge is -2.21. The Labute approximate surface area is 556 Å². The monoisotopic (exact) mass is 1340 g/mol. The molecule has 0 saturated heterocycles. The van der Waals surface area contributed by atoms with Gasteiger partial charge in [-0.15, -0.1) is 0 Å². The van der Waals surface area contributed by atoms with Crippen LogP contribution < -0.4 is 0 Å². The second-order valence-corrected chi connectivity index (χ2v) is 30.1. The fraction of sp³-hybridized carbons (Fsp3) is 0.944. The SMILES string of the molecule is CCCCCCCCCCCC(=O)OC[C@H](COP(=O)(O)OC[C@H](O)COP(=O)(O)OC[C@@H](COC(=O)CCCCCCCCCCCCC(C)CC)OC(=O)CCCCCCCCCCCCCCCC(C)C)OC(=O)CCCCCCCCCCCC(C)C. The molecule has 0 saturated carbocycles. The summed E-state index contributed by atoms with van der Waals surface area (Å²) in [5.41, 5.74) is 0. The molecular formula is C72H140O17P2. The number of unbranched alkanes of at least 4 members (excludes halogenated alkanes) is 37. The van der Waals surface area contributed by atoms with Crippen LogP contribution in [0.15, 0.2) is 0 Å². The summed E-state index contributed by atoms with van der Waals surface area (Å²) in [6, 6.07) is 0. The fourth-order valence-corrected chi connectivity index (χ4v) is 12.4. The quantitative estimate of drug-likeness (QED) is 0.0222. The van der Waals surface area contributed by atoms with Crippen molar-refractivity contribution in [2.24, 2.45) is 17.8 Å². The third-order valence-electron chi connectivity index (χ3n) is 17.0. The fourth-order valence-electron chi connectivity index (χ4n) is 10.9. The Kier molecular flexibility index (Phi) is 61.5. The lowest BCUT2D eigenvalue weighted by molar-refractivity contribution is -0.161. The zero-order chi connectivity index (χ0) is 67.3. The van der Waals surface area contributed by atoms with Crippen molar-refractivity contribution in [1.82, 2.24) is 0 Å². The Bertz CT molecular complexity index is 1790. The minimum absolute atomic E-state index is 0.105. The minimum atomic E-state index is -4.95. The summed E-state index contributed by atoms with van der Waals surface area (Å²) in [4.78, 5) is 72.6. The Morgan fingerprint density at radius 2 is 0.560 bits per heavy atom. The van der Waals surface area contributed by atoms with E-state index in [1.807, 2.05) is 0 Å². The number of aliphatic hydroxyl groups is 1. The first-order valence-corrected chi connectivity index (χ1v) is 40.4. The average Bonchev–Trinajstić information content (AvgIpc) is 3.59. The highest BCUT2D eigenvalue weighted by molar-refractivity contribution is 7.47. The maximum Gasteiger partial charge on any atom is 0.472 e. The van der Waals surface area contributed by atoms with Gasteiger partial charge in [0.15, 0.2) is 12.2 Å². The number of hydrogen-bond donors (Lipinski definition) is 3. The number of aliphatic hydroxyl groups excluding tert-OH is 1. The molecule has 0 heterocycles. The number of rotatable bonds is 70. The molecule has 0 amide bonds. The van der Waals surface area contributed by atoms with E-state index in [0.29, 0.717) is 25.7 Å². The zero-order valence-corrected chi connectivity index (χ0v) is 61.1. The molecule has 19 heteroatoms. The molecule has 0 spiro atoms. The van der Waals surface area contributed by atoms with Crippen LogP contribution in [0.1, 0.15) is 363 Å². The smallest absolute Gasteiger partial charge is 0.462 e. The summed E-state index contributed by atoms with van der Waals surface area (Å²) in [7, 11) is -9.90. The van der Waals surface area contributed by atoms with Crippen LogP contribution in [0.3, 0.4) is 0 Å². The van der Waals surface area contributed by atoms with Crippen LogP contribution in [0.25, 0.3) is 0 Å². The van der Waals surface area contributed by atoms with Crippen LogP contribution in [0.4, 0.5) is 0 Å². The lowest BCUT2D eigenvalue weighted by Crippen LogP contribution is -2.30. The lowest BCUT2D eigenvalue weighted by atomic mass is 9.99. The van der Waals surface area contributed by atoms with Crippen molar-refractivity contribution in [3.8, 4) is 0 Å². The molecular weight excluding hydrogens is 1200 g/mol. The van der Waals surface area contributed by atoms with E-state index in [4.69, 9.17) is 37.0 Å². The van der Waals surface area contributed by atoms with E-state index in [-0.39, 0.29) is 25.7 Å². The van der Waals surface area contributed by atoms with E-state index < -0.39 is 97.5 Å². The van der Waals surface area contributed by atoms with Crippen molar-refractivity contribution in [3.05, 3.63) is 0 Å². The van der Waals surface area contributed by atoms with Crippen LogP contribution in [-0.2, 0) is 65.4 Å². The summed E-state index contributed by atoms with van der Waals surface area (Å²) in [5.74, 6) is 0.208. The van der Waals surface area contributed by atoms with Gasteiger partial charge in [-0.1, -0.05) is 312 Å². The average molecular weight is 1340 g/mol.